The Labute approximate surface area is 148 Å². The fraction of sp³-hybridized carbons (Fsp3) is 0.474. The molecule has 2 amide bonds. The van der Waals surface area contributed by atoms with Crippen molar-refractivity contribution in [3.63, 3.8) is 0 Å². The monoisotopic (exact) mass is 344 g/mol. The average molecular weight is 344 g/mol. The molecule has 0 bridgehead atoms. The molecule has 6 nitrogen and oxygen atoms in total. The lowest BCUT2D eigenvalue weighted by molar-refractivity contribution is -0.138. The van der Waals surface area contributed by atoms with E-state index in [4.69, 9.17) is 9.47 Å². The average Bonchev–Trinajstić information content (AvgIpc) is 2.83. The Bertz CT molecular complexity index is 718. The van der Waals surface area contributed by atoms with Crippen LogP contribution in [0.25, 0.3) is 5.57 Å². The summed E-state index contributed by atoms with van der Waals surface area (Å²) < 4.78 is 11.2. The third kappa shape index (κ3) is 3.02. The maximum absolute atomic E-state index is 13.0. The summed E-state index contributed by atoms with van der Waals surface area (Å²) in [7, 11) is 1.57. The highest BCUT2D eigenvalue weighted by Gasteiger charge is 2.43. The Morgan fingerprint density at radius 1 is 1.12 bits per heavy atom. The van der Waals surface area contributed by atoms with Crippen LogP contribution in [0.1, 0.15) is 26.3 Å². The molecule has 6 heteroatoms. The summed E-state index contributed by atoms with van der Waals surface area (Å²) in [5.41, 5.74) is 1.53. The van der Waals surface area contributed by atoms with Crippen molar-refractivity contribution in [1.29, 1.82) is 0 Å². The molecule has 2 atom stereocenters. The molecule has 0 spiro atoms. The van der Waals surface area contributed by atoms with E-state index in [2.05, 4.69) is 0 Å². The normalized spacial score (nSPS) is 24.3. The summed E-state index contributed by atoms with van der Waals surface area (Å²) in [6.45, 7) is 7.26. The van der Waals surface area contributed by atoms with Gasteiger partial charge < -0.3 is 14.4 Å². The molecule has 25 heavy (non-hydrogen) atoms. The Morgan fingerprint density at radius 3 is 2.36 bits per heavy atom. The predicted molar refractivity (Wildman–Crippen MR) is 93.9 cm³/mol. The lowest BCUT2D eigenvalue weighted by Crippen LogP contribution is -2.46. The molecule has 0 aromatic heterocycles. The number of carbonyl (C=O) groups is 2. The molecular formula is C19H24N2O4. The van der Waals surface area contributed by atoms with Gasteiger partial charge in [-0.1, -0.05) is 18.2 Å². The zero-order valence-electron chi connectivity index (χ0n) is 15.1. The summed E-state index contributed by atoms with van der Waals surface area (Å²) in [4.78, 5) is 29.2. The number of rotatable bonds is 4. The number of hydrogen-bond donors (Lipinski definition) is 0. The predicted octanol–water partition coefficient (Wildman–Crippen LogP) is 1.90. The van der Waals surface area contributed by atoms with Gasteiger partial charge in [-0.2, -0.15) is 0 Å². The molecule has 0 radical (unpaired) electrons. The van der Waals surface area contributed by atoms with Crippen LogP contribution in [0.15, 0.2) is 30.0 Å². The van der Waals surface area contributed by atoms with Crippen LogP contribution in [0, 0.1) is 0 Å². The number of likely N-dealkylation sites (N-methyl/N-ethyl adjacent to an activating group) is 1. The molecular weight excluding hydrogens is 320 g/mol. The van der Waals surface area contributed by atoms with E-state index in [0.29, 0.717) is 42.2 Å². The lowest BCUT2D eigenvalue weighted by Gasteiger charge is -2.37. The number of amides is 2. The van der Waals surface area contributed by atoms with Crippen molar-refractivity contribution < 1.29 is 19.1 Å². The molecule has 2 unspecified atom stereocenters. The van der Waals surface area contributed by atoms with Crippen LogP contribution in [0.4, 0.5) is 0 Å². The third-order valence-corrected chi connectivity index (χ3v) is 4.57. The minimum absolute atomic E-state index is 0.00579. The van der Waals surface area contributed by atoms with E-state index in [-0.39, 0.29) is 24.0 Å². The van der Waals surface area contributed by atoms with Gasteiger partial charge in [-0.25, -0.2) is 0 Å². The SMILES string of the molecule is CCN1C(=O)C(c2ccccc2OC)=C(N2CC(C)OC(C)C2)C1=O. The molecule has 0 N–H and O–H groups in total. The summed E-state index contributed by atoms with van der Waals surface area (Å²) in [6, 6.07) is 7.32. The summed E-state index contributed by atoms with van der Waals surface area (Å²) in [6.07, 6.45) is -0.0116. The van der Waals surface area contributed by atoms with Crippen molar-refractivity contribution in [2.24, 2.45) is 0 Å². The molecule has 134 valence electrons. The van der Waals surface area contributed by atoms with Crippen LogP contribution in [-0.4, -0.2) is 60.6 Å². The summed E-state index contributed by atoms with van der Waals surface area (Å²) >= 11 is 0. The van der Waals surface area contributed by atoms with Crippen LogP contribution in [0.2, 0.25) is 0 Å². The highest BCUT2D eigenvalue weighted by atomic mass is 16.5. The Balaban J connectivity index is 2.15. The van der Waals surface area contributed by atoms with E-state index in [1.54, 1.807) is 13.2 Å². The van der Waals surface area contributed by atoms with Gasteiger partial charge in [0.15, 0.2) is 0 Å². The molecule has 0 saturated carbocycles. The summed E-state index contributed by atoms with van der Waals surface area (Å²) in [5.74, 6) is 0.0805. The van der Waals surface area contributed by atoms with Gasteiger partial charge in [0.05, 0.1) is 24.9 Å². The van der Waals surface area contributed by atoms with Gasteiger partial charge in [0.1, 0.15) is 11.4 Å². The number of imide groups is 1. The molecule has 1 fully saturated rings. The number of nitrogens with zero attached hydrogens (tertiary/aromatic N) is 2. The standard InChI is InChI=1S/C19H24N2O4/c1-5-21-18(22)16(14-8-6-7-9-15(14)24-4)17(19(21)23)20-10-12(2)25-13(3)11-20/h6-9,12-13H,5,10-11H2,1-4H3. The zero-order valence-corrected chi connectivity index (χ0v) is 15.1. The number of methoxy groups -OCH3 is 1. The van der Waals surface area contributed by atoms with Gasteiger partial charge in [0.2, 0.25) is 0 Å². The van der Waals surface area contributed by atoms with Crippen LogP contribution in [-0.2, 0) is 14.3 Å². The number of para-hydroxylation sites is 1. The molecule has 2 aliphatic rings. The van der Waals surface area contributed by atoms with Gasteiger partial charge in [0, 0.05) is 25.2 Å². The largest absolute Gasteiger partial charge is 0.496 e. The van der Waals surface area contributed by atoms with Gasteiger partial charge in [0.25, 0.3) is 11.8 Å². The molecule has 2 aliphatic heterocycles. The fourth-order valence-corrected chi connectivity index (χ4v) is 3.60. The van der Waals surface area contributed by atoms with Crippen LogP contribution in [0.5, 0.6) is 5.75 Å². The molecule has 2 heterocycles. The van der Waals surface area contributed by atoms with Crippen molar-refractivity contribution >= 4 is 17.4 Å². The van der Waals surface area contributed by atoms with E-state index >= 15 is 0 Å². The first-order chi connectivity index (χ1) is 12.0. The second-order valence-electron chi connectivity index (χ2n) is 6.44. The van der Waals surface area contributed by atoms with Crippen LogP contribution < -0.4 is 4.74 Å². The highest BCUT2D eigenvalue weighted by molar-refractivity contribution is 6.36. The number of carbonyl (C=O) groups excluding carboxylic acids is 2. The van der Waals surface area contributed by atoms with E-state index < -0.39 is 0 Å². The fourth-order valence-electron chi connectivity index (χ4n) is 3.60. The molecule has 3 rings (SSSR count). The number of hydrogen-bond acceptors (Lipinski definition) is 5. The topological polar surface area (TPSA) is 59.1 Å². The van der Waals surface area contributed by atoms with Crippen molar-refractivity contribution in [3.8, 4) is 5.75 Å². The van der Waals surface area contributed by atoms with Crippen molar-refractivity contribution in [1.82, 2.24) is 9.80 Å². The molecule has 0 aliphatic carbocycles. The van der Waals surface area contributed by atoms with E-state index in [1.807, 2.05) is 43.9 Å². The van der Waals surface area contributed by atoms with Crippen LogP contribution in [0.3, 0.4) is 0 Å². The number of morpholine rings is 1. The van der Waals surface area contributed by atoms with E-state index in [0.717, 1.165) is 0 Å². The third-order valence-electron chi connectivity index (χ3n) is 4.57. The Kier molecular flexibility index (Phi) is 4.81. The first-order valence-electron chi connectivity index (χ1n) is 8.62. The van der Waals surface area contributed by atoms with Crippen LogP contribution >= 0.6 is 0 Å². The lowest BCUT2D eigenvalue weighted by atomic mass is 10.0. The summed E-state index contributed by atoms with van der Waals surface area (Å²) in [5, 5.41) is 0. The first-order valence-corrected chi connectivity index (χ1v) is 8.62. The van der Waals surface area contributed by atoms with Gasteiger partial charge in [-0.05, 0) is 26.8 Å². The smallest absolute Gasteiger partial charge is 0.277 e. The maximum atomic E-state index is 13.0. The van der Waals surface area contributed by atoms with E-state index in [1.165, 1.54) is 4.90 Å². The van der Waals surface area contributed by atoms with Gasteiger partial charge in [-0.3, -0.25) is 14.5 Å². The first kappa shape index (κ1) is 17.5. The molecule has 1 saturated heterocycles. The Morgan fingerprint density at radius 2 is 1.76 bits per heavy atom. The minimum atomic E-state index is -0.265. The quantitative estimate of drug-likeness (QED) is 0.781. The second-order valence-corrected chi connectivity index (χ2v) is 6.44. The van der Waals surface area contributed by atoms with Crippen molar-refractivity contribution in [2.75, 3.05) is 26.7 Å². The number of ether oxygens (including phenoxy) is 2. The molecule has 1 aromatic rings. The minimum Gasteiger partial charge on any atom is -0.496 e. The zero-order chi connectivity index (χ0) is 18.1. The molecule has 1 aromatic carbocycles. The maximum Gasteiger partial charge on any atom is 0.277 e. The Hall–Kier alpha value is -2.34. The number of benzene rings is 1. The van der Waals surface area contributed by atoms with E-state index in [9.17, 15) is 9.59 Å². The van der Waals surface area contributed by atoms with Crippen molar-refractivity contribution in [2.45, 2.75) is 33.0 Å². The second kappa shape index (κ2) is 6.88. The van der Waals surface area contributed by atoms with Gasteiger partial charge >= 0.3 is 0 Å². The highest BCUT2D eigenvalue weighted by Crippen LogP contribution is 2.36. The van der Waals surface area contributed by atoms with Crippen molar-refractivity contribution in [3.05, 3.63) is 35.5 Å². The van der Waals surface area contributed by atoms with Gasteiger partial charge in [-0.15, -0.1) is 0 Å².